The second kappa shape index (κ2) is 6.20. The van der Waals surface area contributed by atoms with Crippen LogP contribution in [-0.4, -0.2) is 19.4 Å². The lowest BCUT2D eigenvalue weighted by molar-refractivity contribution is 0.304. The smallest absolute Gasteiger partial charge is 0.297 e. The summed E-state index contributed by atoms with van der Waals surface area (Å²) in [5.41, 5.74) is 11.9. The number of nitrogens with two attached hydrogens (primary N) is 2. The van der Waals surface area contributed by atoms with Crippen molar-refractivity contribution in [1.82, 2.24) is 4.98 Å². The van der Waals surface area contributed by atoms with Gasteiger partial charge in [0, 0.05) is 5.38 Å². The third-order valence-corrected chi connectivity index (χ3v) is 4.50. The number of benzene rings is 1. The van der Waals surface area contributed by atoms with Gasteiger partial charge in [-0.15, -0.1) is 11.3 Å². The summed E-state index contributed by atoms with van der Waals surface area (Å²) in [5, 5.41) is 1.98. The van der Waals surface area contributed by atoms with E-state index in [1.165, 1.54) is 23.5 Å². The maximum atomic E-state index is 12.0. The van der Waals surface area contributed by atoms with E-state index in [1.54, 1.807) is 17.5 Å². The predicted octanol–water partition coefficient (Wildman–Crippen LogP) is 1.26. The predicted molar refractivity (Wildman–Crippen MR) is 80.7 cm³/mol. The van der Waals surface area contributed by atoms with Crippen LogP contribution in [0.15, 0.2) is 39.5 Å². The third kappa shape index (κ3) is 4.25. The molecule has 1 aromatic carbocycles. The van der Waals surface area contributed by atoms with E-state index in [0.717, 1.165) is 5.56 Å². The summed E-state index contributed by atoms with van der Waals surface area (Å²) in [5.74, 6) is -0.107. The lowest BCUT2D eigenvalue weighted by Gasteiger charge is -2.04. The minimum Gasteiger partial charge on any atom is -0.370 e. The highest BCUT2D eigenvalue weighted by atomic mass is 32.2. The molecule has 0 amide bonds. The van der Waals surface area contributed by atoms with Crippen LogP contribution in [0.4, 0.5) is 5.13 Å². The van der Waals surface area contributed by atoms with Gasteiger partial charge in [-0.3, -0.25) is 4.18 Å². The van der Waals surface area contributed by atoms with E-state index in [4.69, 9.17) is 15.7 Å². The normalized spacial score (nSPS) is 11.3. The Balaban J connectivity index is 2.06. The van der Waals surface area contributed by atoms with Crippen molar-refractivity contribution in [3.05, 3.63) is 40.9 Å². The number of guanidine groups is 1. The molecule has 21 heavy (non-hydrogen) atoms. The third-order valence-electron chi connectivity index (χ3n) is 2.44. The quantitative estimate of drug-likeness (QED) is 0.485. The van der Waals surface area contributed by atoms with Crippen LogP contribution in [0.25, 0.3) is 0 Å². The van der Waals surface area contributed by atoms with Gasteiger partial charge in [-0.1, -0.05) is 17.7 Å². The van der Waals surface area contributed by atoms with Crippen LogP contribution in [0, 0.1) is 6.92 Å². The van der Waals surface area contributed by atoms with Crippen molar-refractivity contribution < 1.29 is 12.6 Å². The molecule has 9 heteroatoms. The molecule has 0 aliphatic heterocycles. The van der Waals surface area contributed by atoms with E-state index < -0.39 is 10.1 Å². The maximum Gasteiger partial charge on any atom is 0.297 e. The molecule has 4 N–H and O–H groups in total. The Morgan fingerprint density at radius 3 is 2.62 bits per heavy atom. The van der Waals surface area contributed by atoms with Gasteiger partial charge in [0.1, 0.15) is 6.61 Å². The molecule has 0 fully saturated rings. The number of thiazole rings is 1. The Bertz CT molecular complexity index is 747. The maximum absolute atomic E-state index is 12.0. The molecule has 0 bridgehead atoms. The van der Waals surface area contributed by atoms with Crippen molar-refractivity contribution in [3.8, 4) is 0 Å². The highest BCUT2D eigenvalue weighted by Gasteiger charge is 2.15. The molecular weight excluding hydrogens is 312 g/mol. The van der Waals surface area contributed by atoms with E-state index in [-0.39, 0.29) is 17.5 Å². The van der Waals surface area contributed by atoms with Crippen molar-refractivity contribution in [2.75, 3.05) is 0 Å². The van der Waals surface area contributed by atoms with Crippen LogP contribution < -0.4 is 11.5 Å². The van der Waals surface area contributed by atoms with Crippen molar-refractivity contribution >= 4 is 32.5 Å². The fraction of sp³-hybridized carbons (Fsp3) is 0.167. The van der Waals surface area contributed by atoms with E-state index in [9.17, 15) is 8.42 Å². The molecule has 0 aliphatic rings. The Hall–Kier alpha value is -1.97. The van der Waals surface area contributed by atoms with Crippen LogP contribution in [0.3, 0.4) is 0 Å². The second-order valence-electron chi connectivity index (χ2n) is 4.19. The van der Waals surface area contributed by atoms with Crippen LogP contribution in [0.1, 0.15) is 11.3 Å². The van der Waals surface area contributed by atoms with Gasteiger partial charge in [-0.25, -0.2) is 4.98 Å². The number of aromatic nitrogens is 1. The highest BCUT2D eigenvalue weighted by Crippen LogP contribution is 2.20. The molecule has 1 aromatic heterocycles. The number of hydrogen-bond donors (Lipinski definition) is 2. The Morgan fingerprint density at radius 1 is 1.33 bits per heavy atom. The first-order chi connectivity index (χ1) is 9.87. The van der Waals surface area contributed by atoms with Crippen LogP contribution in [0.2, 0.25) is 0 Å². The summed E-state index contributed by atoms with van der Waals surface area (Å²) in [7, 11) is -3.81. The van der Waals surface area contributed by atoms with Crippen LogP contribution in [-0.2, 0) is 20.9 Å². The zero-order chi connectivity index (χ0) is 15.5. The van der Waals surface area contributed by atoms with Gasteiger partial charge in [-0.2, -0.15) is 13.4 Å². The fourth-order valence-corrected chi connectivity index (χ4v) is 3.01. The summed E-state index contributed by atoms with van der Waals surface area (Å²) in [4.78, 5) is 7.91. The first-order valence-electron chi connectivity index (χ1n) is 5.87. The number of hydrogen-bond acceptors (Lipinski definition) is 6. The Morgan fingerprint density at radius 2 is 2.00 bits per heavy atom. The molecule has 0 radical (unpaired) electrons. The van der Waals surface area contributed by atoms with E-state index >= 15 is 0 Å². The molecule has 112 valence electrons. The molecular formula is C12H14N4O3S2. The fourth-order valence-electron chi connectivity index (χ4n) is 1.44. The second-order valence-corrected chi connectivity index (χ2v) is 6.64. The number of nitrogens with zero attached hydrogens (tertiary/aromatic N) is 2. The summed E-state index contributed by atoms with van der Waals surface area (Å²) >= 11 is 1.19. The number of aliphatic imine (C=N–C) groups is 1. The van der Waals surface area contributed by atoms with Crippen LogP contribution in [0.5, 0.6) is 0 Å². The number of rotatable bonds is 5. The monoisotopic (exact) mass is 326 g/mol. The molecule has 0 atom stereocenters. The lowest BCUT2D eigenvalue weighted by Crippen LogP contribution is -2.21. The van der Waals surface area contributed by atoms with Crippen molar-refractivity contribution in [2.24, 2.45) is 16.5 Å². The van der Waals surface area contributed by atoms with Crippen molar-refractivity contribution in [1.29, 1.82) is 0 Å². The molecule has 7 nitrogen and oxygen atoms in total. The minimum atomic E-state index is -3.81. The summed E-state index contributed by atoms with van der Waals surface area (Å²) < 4.78 is 28.9. The van der Waals surface area contributed by atoms with Gasteiger partial charge >= 0.3 is 0 Å². The molecule has 1 heterocycles. The lowest BCUT2D eigenvalue weighted by atomic mass is 10.2. The van der Waals surface area contributed by atoms with Gasteiger partial charge in [-0.05, 0) is 19.1 Å². The highest BCUT2D eigenvalue weighted by molar-refractivity contribution is 7.86. The molecule has 0 spiro atoms. The van der Waals surface area contributed by atoms with Gasteiger partial charge in [0.05, 0.1) is 10.6 Å². The van der Waals surface area contributed by atoms with Crippen molar-refractivity contribution in [3.63, 3.8) is 0 Å². The van der Waals surface area contributed by atoms with Gasteiger partial charge < -0.3 is 11.5 Å². The molecule has 2 aromatic rings. The summed E-state index contributed by atoms with van der Waals surface area (Å²) in [6, 6.07) is 6.40. The molecule has 0 aliphatic carbocycles. The summed E-state index contributed by atoms with van der Waals surface area (Å²) in [6.45, 7) is 1.70. The molecule has 2 rings (SSSR count). The Kier molecular flexibility index (Phi) is 4.56. The SMILES string of the molecule is Cc1ccc(S(=O)(=O)OCc2csc(N=C(N)N)n2)cc1. The van der Waals surface area contributed by atoms with Crippen LogP contribution >= 0.6 is 11.3 Å². The van der Waals surface area contributed by atoms with Crippen molar-refractivity contribution in [2.45, 2.75) is 18.4 Å². The number of aryl methyl sites for hydroxylation is 1. The molecule has 0 saturated heterocycles. The first-order valence-corrected chi connectivity index (χ1v) is 8.16. The average Bonchev–Trinajstić information content (AvgIpc) is 2.84. The molecule has 0 saturated carbocycles. The van der Waals surface area contributed by atoms with E-state index in [0.29, 0.717) is 10.8 Å². The Labute approximate surface area is 126 Å². The first kappa shape index (κ1) is 15.4. The van der Waals surface area contributed by atoms with E-state index in [1.807, 2.05) is 6.92 Å². The standard InChI is InChI=1S/C12H14N4O3S2/c1-8-2-4-10(5-3-8)21(17,18)19-6-9-7-20-12(15-9)16-11(13)14/h2-5,7H,6H2,1H3,(H4,13,14,15,16). The summed E-state index contributed by atoms with van der Waals surface area (Å²) in [6.07, 6.45) is 0. The molecule has 0 unspecified atom stereocenters. The van der Waals surface area contributed by atoms with E-state index in [2.05, 4.69) is 9.98 Å². The zero-order valence-electron chi connectivity index (χ0n) is 11.2. The average molecular weight is 326 g/mol. The van der Waals surface area contributed by atoms with Gasteiger partial charge in [0.25, 0.3) is 10.1 Å². The largest absolute Gasteiger partial charge is 0.370 e. The van der Waals surface area contributed by atoms with Gasteiger partial charge in [0.15, 0.2) is 5.96 Å². The minimum absolute atomic E-state index is 0.104. The zero-order valence-corrected chi connectivity index (χ0v) is 12.8. The topological polar surface area (TPSA) is 121 Å². The van der Waals surface area contributed by atoms with Gasteiger partial charge in [0.2, 0.25) is 5.13 Å².